The first-order valence-corrected chi connectivity index (χ1v) is 16.6. The van der Waals surface area contributed by atoms with Crippen LogP contribution < -0.4 is 0 Å². The van der Waals surface area contributed by atoms with Crippen molar-refractivity contribution < 1.29 is 29.3 Å². The lowest BCUT2D eigenvalue weighted by Gasteiger charge is -2.72. The summed E-state index contributed by atoms with van der Waals surface area (Å²) in [6.45, 7) is 19.8. The zero-order valence-electron chi connectivity index (χ0n) is 27.6. The number of rotatable bonds is 5. The van der Waals surface area contributed by atoms with E-state index in [1.807, 2.05) is 0 Å². The average Bonchev–Trinajstić information content (AvgIpc) is 2.84. The molecule has 0 aromatic rings. The Morgan fingerprint density at radius 2 is 1.50 bits per heavy atom. The SMILES string of the molecule is CC1(C)C=C2C(CC[C@]3(C)[C@@H]2CC[C@@H]2[C@@]4(C)CC[C@H](OC(=O)CC(C)(C)C(=O)O)C(C)(C)[C@@H]4CC[C@]23C)[C@H](C(=O)O)C1. The molecule has 5 aliphatic carbocycles. The summed E-state index contributed by atoms with van der Waals surface area (Å²) in [4.78, 5) is 36.9. The van der Waals surface area contributed by atoms with Crippen molar-refractivity contribution in [1.82, 2.24) is 0 Å². The molecule has 0 radical (unpaired) electrons. The maximum absolute atomic E-state index is 12.9. The zero-order chi connectivity index (χ0) is 31.3. The van der Waals surface area contributed by atoms with Crippen LogP contribution in [0.25, 0.3) is 0 Å². The highest BCUT2D eigenvalue weighted by Crippen LogP contribution is 2.75. The van der Waals surface area contributed by atoms with Crippen LogP contribution >= 0.6 is 0 Å². The fourth-order valence-electron chi connectivity index (χ4n) is 11.8. The van der Waals surface area contributed by atoms with E-state index in [0.717, 1.165) is 51.4 Å². The van der Waals surface area contributed by atoms with Crippen LogP contribution in [0.2, 0.25) is 0 Å². The lowest BCUT2D eigenvalue weighted by atomic mass is 9.33. The van der Waals surface area contributed by atoms with Gasteiger partial charge in [-0.1, -0.05) is 60.1 Å². The molecule has 5 rings (SSSR count). The van der Waals surface area contributed by atoms with E-state index in [9.17, 15) is 24.6 Å². The predicted octanol–water partition coefficient (Wildman–Crippen LogP) is 8.14. The summed E-state index contributed by atoms with van der Waals surface area (Å²) < 4.78 is 6.10. The maximum Gasteiger partial charge on any atom is 0.309 e. The minimum atomic E-state index is -1.14. The van der Waals surface area contributed by atoms with Crippen LogP contribution in [-0.2, 0) is 19.1 Å². The monoisotopic (exact) mass is 584 g/mol. The third-order valence-corrected chi connectivity index (χ3v) is 14.2. The van der Waals surface area contributed by atoms with Gasteiger partial charge in [0, 0.05) is 5.41 Å². The van der Waals surface area contributed by atoms with Crippen LogP contribution in [0, 0.1) is 62.1 Å². The first kappa shape index (κ1) is 31.6. The summed E-state index contributed by atoms with van der Waals surface area (Å²) in [7, 11) is 0. The van der Waals surface area contributed by atoms with Crippen molar-refractivity contribution in [3.63, 3.8) is 0 Å². The first-order chi connectivity index (χ1) is 19.2. The zero-order valence-corrected chi connectivity index (χ0v) is 27.6. The molecular weight excluding hydrogens is 528 g/mol. The summed E-state index contributed by atoms with van der Waals surface area (Å²) in [6.07, 6.45) is 11.3. The second kappa shape index (κ2) is 9.83. The van der Waals surface area contributed by atoms with Crippen LogP contribution in [0.4, 0.5) is 0 Å². The van der Waals surface area contributed by atoms with Crippen LogP contribution in [0.15, 0.2) is 11.6 Å². The summed E-state index contributed by atoms with van der Waals surface area (Å²) in [5, 5.41) is 19.7. The van der Waals surface area contributed by atoms with E-state index in [2.05, 4.69) is 54.5 Å². The number of carboxylic acids is 2. The minimum absolute atomic E-state index is 0.0892. The molecule has 0 aromatic heterocycles. The van der Waals surface area contributed by atoms with Gasteiger partial charge in [0.15, 0.2) is 0 Å². The molecule has 0 spiro atoms. The van der Waals surface area contributed by atoms with Crippen LogP contribution in [0.3, 0.4) is 0 Å². The smallest absolute Gasteiger partial charge is 0.309 e. The molecule has 0 aromatic carbocycles. The number of aliphatic carboxylic acids is 2. The van der Waals surface area contributed by atoms with Crippen LogP contribution in [0.5, 0.6) is 0 Å². The number of hydrogen-bond acceptors (Lipinski definition) is 4. The Labute approximate surface area is 253 Å². The largest absolute Gasteiger partial charge is 0.481 e. The Hall–Kier alpha value is -1.85. The summed E-state index contributed by atoms with van der Waals surface area (Å²) in [6, 6.07) is 0. The molecule has 0 amide bonds. The van der Waals surface area contributed by atoms with E-state index < -0.39 is 23.3 Å². The Balaban J connectivity index is 1.41. The van der Waals surface area contributed by atoms with Gasteiger partial charge in [0.2, 0.25) is 0 Å². The topological polar surface area (TPSA) is 101 Å². The van der Waals surface area contributed by atoms with Gasteiger partial charge in [-0.25, -0.2) is 0 Å². The maximum atomic E-state index is 12.9. The summed E-state index contributed by atoms with van der Waals surface area (Å²) >= 11 is 0. The summed E-state index contributed by atoms with van der Waals surface area (Å²) in [5.74, 6) is -0.676. The molecule has 6 nitrogen and oxygen atoms in total. The van der Waals surface area contributed by atoms with E-state index in [1.165, 1.54) is 12.0 Å². The lowest BCUT2D eigenvalue weighted by Crippen LogP contribution is -2.65. The van der Waals surface area contributed by atoms with Crippen LogP contribution in [-0.4, -0.2) is 34.2 Å². The number of carbonyl (C=O) groups is 3. The van der Waals surface area contributed by atoms with Crippen molar-refractivity contribution in [3.8, 4) is 0 Å². The normalized spacial score (nSPS) is 43.9. The molecule has 42 heavy (non-hydrogen) atoms. The van der Waals surface area contributed by atoms with E-state index >= 15 is 0 Å². The van der Waals surface area contributed by atoms with Gasteiger partial charge in [-0.2, -0.15) is 0 Å². The molecule has 9 atom stereocenters. The second-order valence-corrected chi connectivity index (χ2v) is 17.7. The molecule has 236 valence electrons. The molecule has 0 saturated heterocycles. The highest BCUT2D eigenvalue weighted by molar-refractivity contribution is 5.81. The van der Waals surface area contributed by atoms with Crippen molar-refractivity contribution in [2.24, 2.45) is 62.1 Å². The Bertz CT molecular complexity index is 1180. The molecule has 0 heterocycles. The molecule has 0 bridgehead atoms. The van der Waals surface area contributed by atoms with Crippen molar-refractivity contribution in [2.45, 2.75) is 133 Å². The van der Waals surface area contributed by atoms with Gasteiger partial charge in [-0.05, 0) is 117 Å². The minimum Gasteiger partial charge on any atom is -0.481 e. The van der Waals surface area contributed by atoms with Crippen molar-refractivity contribution in [1.29, 1.82) is 0 Å². The predicted molar refractivity (Wildman–Crippen MR) is 163 cm³/mol. The van der Waals surface area contributed by atoms with E-state index in [4.69, 9.17) is 4.74 Å². The van der Waals surface area contributed by atoms with Gasteiger partial charge < -0.3 is 14.9 Å². The van der Waals surface area contributed by atoms with Gasteiger partial charge in [0.1, 0.15) is 6.10 Å². The molecule has 5 aliphatic rings. The standard InChI is InChI=1S/C36H56O6/c1-31(2)18-22-21(23(19-31)29(38)39)12-16-35(8)24(22)10-11-26-34(7)15-14-27(42-28(37)20-32(3,4)30(40)41)33(5,6)25(34)13-17-36(26,35)9/h18,21,23-27H,10-17,19-20H2,1-9H3,(H,38,39)(H,40,41)/t21?,23-,24-,25+,26-,27+,34+,35-,36-/m1/s1. The molecule has 6 heteroatoms. The number of hydrogen-bond donors (Lipinski definition) is 2. The van der Waals surface area contributed by atoms with Gasteiger partial charge in [0.25, 0.3) is 0 Å². The number of carbonyl (C=O) groups excluding carboxylic acids is 1. The number of allylic oxidation sites excluding steroid dienone is 2. The highest BCUT2D eigenvalue weighted by Gasteiger charge is 2.68. The Morgan fingerprint density at radius 3 is 2.12 bits per heavy atom. The van der Waals surface area contributed by atoms with Crippen molar-refractivity contribution in [3.05, 3.63) is 11.6 Å². The number of esters is 1. The lowest BCUT2D eigenvalue weighted by molar-refractivity contribution is -0.232. The molecular formula is C36H56O6. The first-order valence-electron chi connectivity index (χ1n) is 16.6. The summed E-state index contributed by atoms with van der Waals surface area (Å²) in [5.41, 5.74) is 0.466. The second-order valence-electron chi connectivity index (χ2n) is 17.7. The van der Waals surface area contributed by atoms with E-state index in [1.54, 1.807) is 13.8 Å². The Morgan fingerprint density at radius 1 is 0.857 bits per heavy atom. The molecule has 4 fully saturated rings. The van der Waals surface area contributed by atoms with E-state index in [-0.39, 0.29) is 51.4 Å². The molecule has 0 aliphatic heterocycles. The van der Waals surface area contributed by atoms with Gasteiger partial charge >= 0.3 is 17.9 Å². The highest BCUT2D eigenvalue weighted by atomic mass is 16.5. The number of carboxylic acid groups (broad SMARTS) is 2. The van der Waals surface area contributed by atoms with Crippen molar-refractivity contribution in [2.75, 3.05) is 0 Å². The fraction of sp³-hybridized carbons (Fsp3) is 0.861. The molecule has 2 N–H and O–H groups in total. The van der Waals surface area contributed by atoms with E-state index in [0.29, 0.717) is 17.8 Å². The van der Waals surface area contributed by atoms with Crippen molar-refractivity contribution >= 4 is 17.9 Å². The van der Waals surface area contributed by atoms with Gasteiger partial charge in [0.05, 0.1) is 17.8 Å². The third-order valence-electron chi connectivity index (χ3n) is 14.2. The third kappa shape index (κ3) is 4.59. The number of fused-ring (bicyclic) bond motifs is 7. The fourth-order valence-corrected chi connectivity index (χ4v) is 11.8. The molecule has 1 unspecified atom stereocenters. The van der Waals surface area contributed by atoms with Crippen LogP contribution in [0.1, 0.15) is 127 Å². The quantitative estimate of drug-likeness (QED) is 0.250. The Kier molecular flexibility index (Phi) is 7.39. The molecule has 4 saturated carbocycles. The number of ether oxygens (including phenoxy) is 1. The van der Waals surface area contributed by atoms with Gasteiger partial charge in [-0.3, -0.25) is 14.4 Å². The van der Waals surface area contributed by atoms with Gasteiger partial charge in [-0.15, -0.1) is 0 Å². The average molecular weight is 585 g/mol.